The summed E-state index contributed by atoms with van der Waals surface area (Å²) in [5.41, 5.74) is -0.518. The molecule has 0 atom stereocenters. The highest BCUT2D eigenvalue weighted by Gasteiger charge is 2.33. The molecule has 0 aromatic carbocycles. The van der Waals surface area contributed by atoms with Crippen molar-refractivity contribution in [3.8, 4) is 5.75 Å². The van der Waals surface area contributed by atoms with Gasteiger partial charge in [-0.3, -0.25) is 0 Å². The van der Waals surface area contributed by atoms with Crippen molar-refractivity contribution in [2.75, 3.05) is 0 Å². The zero-order chi connectivity index (χ0) is 15.6. The Labute approximate surface area is 131 Å². The fourth-order valence-corrected chi connectivity index (χ4v) is 2.21. The standard InChI is InChI=1S/C14H18BrFN2O3/c1-14(2,3)21-13(19)17-8-6-9(7-8)20-10-4-5-11(15)18-12(10)16/h4-5,8-9H,6-7H2,1-3H3,(H,17,19). The molecule has 1 fully saturated rings. The van der Waals surface area contributed by atoms with Crippen LogP contribution in [0.3, 0.4) is 0 Å². The monoisotopic (exact) mass is 360 g/mol. The molecule has 2 rings (SSSR count). The lowest BCUT2D eigenvalue weighted by Gasteiger charge is -2.36. The maximum Gasteiger partial charge on any atom is 0.407 e. The van der Waals surface area contributed by atoms with Gasteiger partial charge >= 0.3 is 6.09 Å². The van der Waals surface area contributed by atoms with Gasteiger partial charge in [0, 0.05) is 18.9 Å². The molecule has 1 amide bonds. The lowest BCUT2D eigenvalue weighted by molar-refractivity contribution is 0.0353. The van der Waals surface area contributed by atoms with Gasteiger partial charge in [-0.15, -0.1) is 0 Å². The van der Waals surface area contributed by atoms with E-state index >= 15 is 0 Å². The number of hydrogen-bond donors (Lipinski definition) is 1. The van der Waals surface area contributed by atoms with Crippen molar-refractivity contribution in [2.45, 2.75) is 51.4 Å². The molecule has 116 valence electrons. The highest BCUT2D eigenvalue weighted by molar-refractivity contribution is 9.10. The molecule has 1 aliphatic carbocycles. The van der Waals surface area contributed by atoms with Gasteiger partial charge in [-0.2, -0.15) is 4.39 Å². The Morgan fingerprint density at radius 2 is 2.10 bits per heavy atom. The molecular formula is C14H18BrFN2O3. The minimum absolute atomic E-state index is 0.00341. The van der Waals surface area contributed by atoms with Gasteiger partial charge in [0.15, 0.2) is 5.75 Å². The Morgan fingerprint density at radius 1 is 1.43 bits per heavy atom. The Balaban J connectivity index is 1.75. The highest BCUT2D eigenvalue weighted by atomic mass is 79.9. The average molecular weight is 361 g/mol. The molecule has 0 aliphatic heterocycles. The topological polar surface area (TPSA) is 60.5 Å². The largest absolute Gasteiger partial charge is 0.485 e. The molecule has 1 aliphatic rings. The Morgan fingerprint density at radius 3 is 2.67 bits per heavy atom. The van der Waals surface area contributed by atoms with E-state index in [4.69, 9.17) is 9.47 Å². The zero-order valence-electron chi connectivity index (χ0n) is 12.2. The molecular weight excluding hydrogens is 343 g/mol. The predicted molar refractivity (Wildman–Crippen MR) is 78.7 cm³/mol. The van der Waals surface area contributed by atoms with Crippen LogP contribution < -0.4 is 10.1 Å². The first-order chi connectivity index (χ1) is 9.73. The predicted octanol–water partition coefficient (Wildman–Crippen LogP) is 3.42. The van der Waals surface area contributed by atoms with E-state index in [1.165, 1.54) is 6.07 Å². The summed E-state index contributed by atoms with van der Waals surface area (Å²) in [7, 11) is 0. The summed E-state index contributed by atoms with van der Waals surface area (Å²) < 4.78 is 24.6. The van der Waals surface area contributed by atoms with Crippen molar-refractivity contribution in [1.82, 2.24) is 10.3 Å². The number of carbonyl (C=O) groups excluding carboxylic acids is 1. The van der Waals surface area contributed by atoms with Gasteiger partial charge in [-0.1, -0.05) is 0 Å². The van der Waals surface area contributed by atoms with Gasteiger partial charge in [0.05, 0.1) is 0 Å². The summed E-state index contributed by atoms with van der Waals surface area (Å²) in [4.78, 5) is 15.2. The van der Waals surface area contributed by atoms with Crippen molar-refractivity contribution >= 4 is 22.0 Å². The smallest absolute Gasteiger partial charge is 0.407 e. The molecule has 1 aromatic heterocycles. The third-order valence-electron chi connectivity index (χ3n) is 2.89. The summed E-state index contributed by atoms with van der Waals surface area (Å²) >= 11 is 3.09. The number of rotatable bonds is 3. The summed E-state index contributed by atoms with van der Waals surface area (Å²) in [6, 6.07) is 3.14. The maximum atomic E-state index is 13.5. The number of alkyl carbamates (subject to hydrolysis) is 1. The van der Waals surface area contributed by atoms with Crippen LogP contribution in [-0.4, -0.2) is 28.8 Å². The van der Waals surface area contributed by atoms with Crippen LogP contribution in [0.5, 0.6) is 5.75 Å². The molecule has 1 heterocycles. The van der Waals surface area contributed by atoms with E-state index in [9.17, 15) is 9.18 Å². The van der Waals surface area contributed by atoms with Crippen LogP contribution in [0.2, 0.25) is 0 Å². The third-order valence-corrected chi connectivity index (χ3v) is 3.33. The first-order valence-electron chi connectivity index (χ1n) is 6.71. The van der Waals surface area contributed by atoms with E-state index in [2.05, 4.69) is 26.2 Å². The molecule has 0 radical (unpaired) electrons. The van der Waals surface area contributed by atoms with E-state index in [-0.39, 0.29) is 17.9 Å². The van der Waals surface area contributed by atoms with Crippen molar-refractivity contribution in [3.05, 3.63) is 22.7 Å². The first kappa shape index (κ1) is 16.0. The second-order valence-corrected chi connectivity index (χ2v) is 6.79. The maximum absolute atomic E-state index is 13.5. The van der Waals surface area contributed by atoms with Gasteiger partial charge in [0.1, 0.15) is 16.3 Å². The minimum atomic E-state index is -0.645. The van der Waals surface area contributed by atoms with E-state index < -0.39 is 17.6 Å². The van der Waals surface area contributed by atoms with Crippen LogP contribution in [0, 0.1) is 5.95 Å². The second-order valence-electron chi connectivity index (χ2n) is 5.98. The number of hydrogen-bond acceptors (Lipinski definition) is 4. The van der Waals surface area contributed by atoms with Crippen LogP contribution in [0.1, 0.15) is 33.6 Å². The van der Waals surface area contributed by atoms with Crippen LogP contribution in [0.4, 0.5) is 9.18 Å². The minimum Gasteiger partial charge on any atom is -0.485 e. The molecule has 0 bridgehead atoms. The van der Waals surface area contributed by atoms with Crippen LogP contribution >= 0.6 is 15.9 Å². The number of nitrogens with zero attached hydrogens (tertiary/aromatic N) is 1. The summed E-state index contributed by atoms with van der Waals surface area (Å²) in [5, 5.41) is 2.75. The number of carbonyl (C=O) groups is 1. The van der Waals surface area contributed by atoms with Crippen molar-refractivity contribution in [1.29, 1.82) is 0 Å². The first-order valence-corrected chi connectivity index (χ1v) is 7.50. The molecule has 7 heteroatoms. The molecule has 0 saturated heterocycles. The van der Waals surface area contributed by atoms with Gasteiger partial charge < -0.3 is 14.8 Å². The van der Waals surface area contributed by atoms with Crippen molar-refractivity contribution < 1.29 is 18.7 Å². The molecule has 0 unspecified atom stereocenters. The van der Waals surface area contributed by atoms with Gasteiger partial charge in [-0.25, -0.2) is 9.78 Å². The lowest BCUT2D eigenvalue weighted by Crippen LogP contribution is -2.50. The van der Waals surface area contributed by atoms with E-state index in [0.29, 0.717) is 17.4 Å². The molecule has 1 aromatic rings. The third kappa shape index (κ3) is 4.84. The van der Waals surface area contributed by atoms with E-state index in [0.717, 1.165) is 0 Å². The van der Waals surface area contributed by atoms with Crippen molar-refractivity contribution in [2.24, 2.45) is 0 Å². The normalized spacial score (nSPS) is 21.4. The Hall–Kier alpha value is -1.37. The quantitative estimate of drug-likeness (QED) is 0.839. The fourth-order valence-electron chi connectivity index (χ4n) is 1.92. The fraction of sp³-hybridized carbons (Fsp3) is 0.571. The number of pyridine rings is 1. The van der Waals surface area contributed by atoms with Crippen LogP contribution in [-0.2, 0) is 4.74 Å². The van der Waals surface area contributed by atoms with Crippen LogP contribution in [0.15, 0.2) is 16.7 Å². The summed E-state index contributed by atoms with van der Waals surface area (Å²) in [6.45, 7) is 5.42. The molecule has 5 nitrogen and oxygen atoms in total. The molecule has 0 spiro atoms. The molecule has 21 heavy (non-hydrogen) atoms. The second kappa shape index (κ2) is 6.17. The van der Waals surface area contributed by atoms with Crippen LogP contribution in [0.25, 0.3) is 0 Å². The summed E-state index contributed by atoms with van der Waals surface area (Å²) in [5.74, 6) is -0.521. The zero-order valence-corrected chi connectivity index (χ0v) is 13.7. The number of halogens is 2. The Bertz CT molecular complexity index is 527. The van der Waals surface area contributed by atoms with Crippen molar-refractivity contribution in [3.63, 3.8) is 0 Å². The average Bonchev–Trinajstić information content (AvgIpc) is 2.26. The SMILES string of the molecule is CC(C)(C)OC(=O)NC1CC(Oc2ccc(Br)nc2F)C1. The van der Waals surface area contributed by atoms with E-state index in [1.807, 2.05) is 20.8 Å². The number of ether oxygens (including phenoxy) is 2. The molecule has 1 N–H and O–H groups in total. The molecule has 1 saturated carbocycles. The van der Waals surface area contributed by atoms with Gasteiger partial charge in [-0.05, 0) is 48.8 Å². The lowest BCUT2D eigenvalue weighted by atomic mass is 9.89. The number of amides is 1. The van der Waals surface area contributed by atoms with Gasteiger partial charge in [0.25, 0.3) is 5.95 Å². The Kier molecular flexibility index (Phi) is 4.70. The number of aromatic nitrogens is 1. The summed E-state index contributed by atoms with van der Waals surface area (Å²) in [6.07, 6.45) is 0.675. The van der Waals surface area contributed by atoms with Gasteiger partial charge in [0.2, 0.25) is 0 Å². The highest BCUT2D eigenvalue weighted by Crippen LogP contribution is 2.28. The van der Waals surface area contributed by atoms with E-state index in [1.54, 1.807) is 6.07 Å². The number of nitrogens with one attached hydrogen (secondary N) is 1.